The Bertz CT molecular complexity index is 1330. The van der Waals surface area contributed by atoms with Gasteiger partial charge in [0.05, 0.1) is 12.2 Å². The van der Waals surface area contributed by atoms with Crippen molar-refractivity contribution in [2.24, 2.45) is 0 Å². The van der Waals surface area contributed by atoms with Gasteiger partial charge in [-0.3, -0.25) is 10.1 Å². The van der Waals surface area contributed by atoms with Crippen LogP contribution in [0.2, 0.25) is 0 Å². The van der Waals surface area contributed by atoms with Gasteiger partial charge < -0.3 is 19.7 Å². The Morgan fingerprint density at radius 2 is 2.06 bits per heavy atom. The van der Waals surface area contributed by atoms with Gasteiger partial charge in [0.15, 0.2) is 11.2 Å². The lowest BCUT2D eigenvalue weighted by Gasteiger charge is -2.16. The van der Waals surface area contributed by atoms with E-state index in [2.05, 4.69) is 30.7 Å². The van der Waals surface area contributed by atoms with Crippen LogP contribution in [0.5, 0.6) is 0 Å². The fourth-order valence-electron chi connectivity index (χ4n) is 3.17. The molecule has 0 aliphatic rings. The van der Waals surface area contributed by atoms with Crippen molar-refractivity contribution in [3.8, 4) is 11.4 Å². The number of carbonyl (C=O) groups is 2. The molecule has 1 unspecified atom stereocenters. The van der Waals surface area contributed by atoms with Crippen LogP contribution in [0.15, 0.2) is 35.0 Å². The van der Waals surface area contributed by atoms with Crippen LogP contribution in [0.3, 0.4) is 0 Å². The first-order valence-electron chi connectivity index (χ1n) is 9.83. The highest BCUT2D eigenvalue weighted by molar-refractivity contribution is 7.17. The number of rotatable bonds is 8. The van der Waals surface area contributed by atoms with E-state index in [1.54, 1.807) is 20.0 Å². The second-order valence-electron chi connectivity index (χ2n) is 7.07. The maximum Gasteiger partial charge on any atom is 0.347 e. The first kappa shape index (κ1) is 22.3. The highest BCUT2D eigenvalue weighted by Crippen LogP contribution is 2.27. The first-order chi connectivity index (χ1) is 15.9. The average Bonchev–Trinajstić information content (AvgIpc) is 3.39. The fourth-order valence-corrected chi connectivity index (χ4v) is 3.98. The summed E-state index contributed by atoms with van der Waals surface area (Å²) in [5, 5.41) is 20.8. The monoisotopic (exact) mass is 468 g/mol. The second-order valence-corrected chi connectivity index (χ2v) is 8.06. The third kappa shape index (κ3) is 4.81. The number of aromatic nitrogens is 4. The molecule has 0 aliphatic carbocycles. The van der Waals surface area contributed by atoms with Crippen LogP contribution in [-0.2, 0) is 9.53 Å². The van der Waals surface area contributed by atoms with Crippen molar-refractivity contribution in [3.63, 3.8) is 0 Å². The molecule has 1 amide bonds. The number of carboxylic acid groups (broad SMARTS) is 1. The molecule has 170 valence electrons. The molecule has 4 aromatic rings. The molecule has 0 radical (unpaired) electrons. The van der Waals surface area contributed by atoms with E-state index in [9.17, 15) is 9.59 Å². The molecule has 11 nitrogen and oxygen atoms in total. The quantitative estimate of drug-likeness (QED) is 0.351. The summed E-state index contributed by atoms with van der Waals surface area (Å²) in [7, 11) is 1.41. The molecule has 3 N–H and O–H groups in total. The van der Waals surface area contributed by atoms with E-state index < -0.39 is 18.0 Å². The molecule has 12 heteroatoms. The molecule has 3 aromatic heterocycles. The van der Waals surface area contributed by atoms with Gasteiger partial charge in [-0.15, -0.1) is 0 Å². The topological polar surface area (TPSA) is 152 Å². The Morgan fingerprint density at radius 1 is 1.24 bits per heavy atom. The third-order valence-corrected chi connectivity index (χ3v) is 5.87. The number of aryl methyl sites for hydroxylation is 2. The van der Waals surface area contributed by atoms with E-state index >= 15 is 0 Å². The van der Waals surface area contributed by atoms with Crippen LogP contribution >= 0.6 is 11.3 Å². The standard InChI is InChI=1S/C21H20N6O5S/c1-10-16(20(29)30)33-21(24-10)26-19(28)15(31-3)9-23-18-14-8-13(17-25-11(2)32-27-17)5-4-12(14)6-7-22-18/h4-8,15H,9H2,1-3H3,(H,22,23)(H,29,30)(H,24,26,28). The zero-order valence-electron chi connectivity index (χ0n) is 17.9. The summed E-state index contributed by atoms with van der Waals surface area (Å²) in [6.45, 7) is 3.41. The number of carbonyl (C=O) groups excluding carboxylic acids is 1. The number of nitrogens with zero attached hydrogens (tertiary/aromatic N) is 4. The van der Waals surface area contributed by atoms with Crippen molar-refractivity contribution in [3.05, 3.63) is 46.9 Å². The number of methoxy groups -OCH3 is 1. The van der Waals surface area contributed by atoms with Gasteiger partial charge in [-0.05, 0) is 24.4 Å². The largest absolute Gasteiger partial charge is 0.477 e. The smallest absolute Gasteiger partial charge is 0.347 e. The molecule has 33 heavy (non-hydrogen) atoms. The van der Waals surface area contributed by atoms with Crippen molar-refractivity contribution in [2.75, 3.05) is 24.3 Å². The zero-order valence-corrected chi connectivity index (χ0v) is 18.8. The molecule has 1 aromatic carbocycles. The summed E-state index contributed by atoms with van der Waals surface area (Å²) in [4.78, 5) is 36.7. The normalized spacial score (nSPS) is 12.0. The molecule has 0 aliphatic heterocycles. The molecular formula is C21H20N6O5S. The number of hydrogen-bond donors (Lipinski definition) is 3. The van der Waals surface area contributed by atoms with Crippen molar-refractivity contribution in [1.29, 1.82) is 0 Å². The average molecular weight is 468 g/mol. The van der Waals surface area contributed by atoms with Crippen molar-refractivity contribution >= 4 is 44.9 Å². The number of ether oxygens (including phenoxy) is 1. The molecule has 4 rings (SSSR count). The zero-order chi connectivity index (χ0) is 23.5. The lowest BCUT2D eigenvalue weighted by Crippen LogP contribution is -2.35. The highest BCUT2D eigenvalue weighted by Gasteiger charge is 2.22. The minimum atomic E-state index is -1.09. The Hall–Kier alpha value is -3.90. The van der Waals surface area contributed by atoms with Gasteiger partial charge in [0.25, 0.3) is 5.91 Å². The molecule has 0 fully saturated rings. The summed E-state index contributed by atoms with van der Waals surface area (Å²) < 4.78 is 10.4. The first-order valence-corrected chi connectivity index (χ1v) is 10.6. The van der Waals surface area contributed by atoms with Gasteiger partial charge in [-0.1, -0.05) is 28.6 Å². The number of aromatic carboxylic acids is 1. The summed E-state index contributed by atoms with van der Waals surface area (Å²) in [5.41, 5.74) is 1.10. The van der Waals surface area contributed by atoms with Crippen molar-refractivity contribution < 1.29 is 24.0 Å². The fraction of sp³-hybridized carbons (Fsp3) is 0.238. The number of anilines is 2. The van der Waals surface area contributed by atoms with E-state index in [0.29, 0.717) is 23.2 Å². The van der Waals surface area contributed by atoms with Gasteiger partial charge in [0.1, 0.15) is 10.7 Å². The van der Waals surface area contributed by atoms with E-state index in [0.717, 1.165) is 27.7 Å². The molecule has 0 bridgehead atoms. The minimum absolute atomic E-state index is 0.0740. The van der Waals surface area contributed by atoms with Gasteiger partial charge in [-0.2, -0.15) is 4.98 Å². The maximum atomic E-state index is 12.7. The summed E-state index contributed by atoms with van der Waals surface area (Å²) in [6, 6.07) is 7.58. The van der Waals surface area contributed by atoms with Gasteiger partial charge in [0, 0.05) is 31.2 Å². The van der Waals surface area contributed by atoms with E-state index in [-0.39, 0.29) is 16.6 Å². The highest BCUT2D eigenvalue weighted by atomic mass is 32.1. The Labute approximate surface area is 191 Å². The molecule has 0 spiro atoms. The minimum Gasteiger partial charge on any atom is -0.477 e. The van der Waals surface area contributed by atoms with Crippen LogP contribution in [-0.4, -0.2) is 56.9 Å². The van der Waals surface area contributed by atoms with E-state index in [4.69, 9.17) is 14.4 Å². The lowest BCUT2D eigenvalue weighted by molar-refractivity contribution is -0.124. The summed E-state index contributed by atoms with van der Waals surface area (Å²) >= 11 is 0.891. The van der Waals surface area contributed by atoms with Crippen molar-refractivity contribution in [2.45, 2.75) is 20.0 Å². The molecule has 3 heterocycles. The van der Waals surface area contributed by atoms with E-state index in [1.165, 1.54) is 7.11 Å². The number of nitrogens with one attached hydrogen (secondary N) is 2. The predicted octanol–water partition coefficient (Wildman–Crippen LogP) is 3.12. The molecular weight excluding hydrogens is 448 g/mol. The Kier molecular flexibility index (Phi) is 6.29. The Balaban J connectivity index is 1.50. The van der Waals surface area contributed by atoms with Crippen LogP contribution in [0.25, 0.3) is 22.2 Å². The second kappa shape index (κ2) is 9.30. The third-order valence-electron chi connectivity index (χ3n) is 4.80. The number of benzene rings is 1. The van der Waals surface area contributed by atoms with Crippen LogP contribution in [0, 0.1) is 13.8 Å². The number of thiazole rings is 1. The lowest BCUT2D eigenvalue weighted by atomic mass is 10.1. The Morgan fingerprint density at radius 3 is 2.73 bits per heavy atom. The number of pyridine rings is 1. The van der Waals surface area contributed by atoms with Gasteiger partial charge in [-0.25, -0.2) is 14.8 Å². The molecule has 0 saturated carbocycles. The number of amides is 1. The molecule has 0 saturated heterocycles. The van der Waals surface area contributed by atoms with Gasteiger partial charge in [0.2, 0.25) is 11.7 Å². The number of fused-ring (bicyclic) bond motifs is 1. The van der Waals surface area contributed by atoms with Crippen LogP contribution in [0.1, 0.15) is 21.3 Å². The number of carboxylic acids is 1. The molecule has 1 atom stereocenters. The van der Waals surface area contributed by atoms with Gasteiger partial charge >= 0.3 is 5.97 Å². The van der Waals surface area contributed by atoms with Crippen LogP contribution < -0.4 is 10.6 Å². The maximum absolute atomic E-state index is 12.7. The predicted molar refractivity (Wildman–Crippen MR) is 121 cm³/mol. The number of hydrogen-bond acceptors (Lipinski definition) is 10. The summed E-state index contributed by atoms with van der Waals surface area (Å²) in [6.07, 6.45) is 0.791. The van der Waals surface area contributed by atoms with E-state index in [1.807, 2.05) is 24.3 Å². The van der Waals surface area contributed by atoms with Crippen molar-refractivity contribution in [1.82, 2.24) is 20.1 Å². The summed E-state index contributed by atoms with van der Waals surface area (Å²) in [5.74, 6) is -0.0540. The SMILES string of the molecule is COC(CNc1nccc2ccc(-c3noc(C)n3)cc12)C(=O)Nc1nc(C)c(C(=O)O)s1. The van der Waals surface area contributed by atoms with Crippen LogP contribution in [0.4, 0.5) is 10.9 Å².